The average molecular weight is 353 g/mol. The molecular formula is C13H16BrF3N2O. The second-order valence-corrected chi connectivity index (χ2v) is 5.20. The first-order chi connectivity index (χ1) is 9.26. The van der Waals surface area contributed by atoms with Gasteiger partial charge in [0.2, 0.25) is 0 Å². The molecule has 1 rings (SSSR count). The van der Waals surface area contributed by atoms with Crippen LogP contribution < -0.4 is 5.73 Å². The molecule has 0 aliphatic heterocycles. The van der Waals surface area contributed by atoms with E-state index in [0.29, 0.717) is 23.0 Å². The smallest absolute Gasteiger partial charge is 0.398 e. The minimum Gasteiger partial charge on any atom is -0.398 e. The van der Waals surface area contributed by atoms with Crippen LogP contribution in [-0.4, -0.2) is 30.1 Å². The Morgan fingerprint density at radius 2 is 2.05 bits per heavy atom. The van der Waals surface area contributed by atoms with Crippen LogP contribution in [0.3, 0.4) is 0 Å². The minimum absolute atomic E-state index is 0.0656. The lowest BCUT2D eigenvalue weighted by Gasteiger charge is -2.24. The Balaban J connectivity index is 3.00. The van der Waals surface area contributed by atoms with E-state index in [4.69, 9.17) is 5.73 Å². The highest BCUT2D eigenvalue weighted by atomic mass is 79.9. The molecule has 0 aliphatic carbocycles. The molecule has 0 saturated carbocycles. The third-order valence-corrected chi connectivity index (χ3v) is 3.58. The number of anilines is 1. The van der Waals surface area contributed by atoms with Crippen LogP contribution in [0.25, 0.3) is 0 Å². The monoisotopic (exact) mass is 352 g/mol. The SMILES string of the molecule is CCCCN(CC(F)(F)F)C(=O)c1cccc(N)c1Br. The van der Waals surface area contributed by atoms with Crippen LogP contribution in [0.4, 0.5) is 18.9 Å². The van der Waals surface area contributed by atoms with Crippen LogP contribution in [-0.2, 0) is 0 Å². The number of unbranched alkanes of at least 4 members (excludes halogenated alkanes) is 1. The zero-order valence-corrected chi connectivity index (χ0v) is 12.6. The molecule has 3 nitrogen and oxygen atoms in total. The van der Waals surface area contributed by atoms with Crippen molar-refractivity contribution in [3.63, 3.8) is 0 Å². The molecule has 0 aliphatic rings. The molecule has 0 aromatic heterocycles. The highest BCUT2D eigenvalue weighted by molar-refractivity contribution is 9.10. The maximum absolute atomic E-state index is 12.6. The summed E-state index contributed by atoms with van der Waals surface area (Å²) in [6, 6.07) is 4.57. The zero-order chi connectivity index (χ0) is 15.3. The Labute approximate surface area is 124 Å². The largest absolute Gasteiger partial charge is 0.406 e. The maximum atomic E-state index is 12.6. The summed E-state index contributed by atoms with van der Waals surface area (Å²) in [4.78, 5) is 13.1. The number of nitrogens with two attached hydrogens (primary N) is 1. The highest BCUT2D eigenvalue weighted by Crippen LogP contribution is 2.26. The number of rotatable bonds is 5. The maximum Gasteiger partial charge on any atom is 0.406 e. The van der Waals surface area contributed by atoms with Gasteiger partial charge in [-0.05, 0) is 34.5 Å². The summed E-state index contributed by atoms with van der Waals surface area (Å²) in [6.45, 7) is 0.663. The van der Waals surface area contributed by atoms with E-state index in [0.717, 1.165) is 4.90 Å². The van der Waals surface area contributed by atoms with Gasteiger partial charge in [-0.1, -0.05) is 19.4 Å². The number of nitrogen functional groups attached to an aromatic ring is 1. The number of carbonyl (C=O) groups is 1. The lowest BCUT2D eigenvalue weighted by molar-refractivity contribution is -0.140. The van der Waals surface area contributed by atoms with E-state index < -0.39 is 18.6 Å². The van der Waals surface area contributed by atoms with Gasteiger partial charge in [0, 0.05) is 12.2 Å². The van der Waals surface area contributed by atoms with Crippen molar-refractivity contribution >= 4 is 27.5 Å². The lowest BCUT2D eigenvalue weighted by Crippen LogP contribution is -2.39. The van der Waals surface area contributed by atoms with Crippen molar-refractivity contribution in [2.24, 2.45) is 0 Å². The predicted octanol–water partition coefficient (Wildman–Crippen LogP) is 3.84. The molecule has 0 bridgehead atoms. The predicted molar refractivity (Wildman–Crippen MR) is 75.4 cm³/mol. The van der Waals surface area contributed by atoms with Crippen molar-refractivity contribution < 1.29 is 18.0 Å². The fraction of sp³-hybridized carbons (Fsp3) is 0.462. The molecule has 0 saturated heterocycles. The number of benzene rings is 1. The van der Waals surface area contributed by atoms with Gasteiger partial charge in [0.1, 0.15) is 6.54 Å². The van der Waals surface area contributed by atoms with Crippen molar-refractivity contribution in [3.8, 4) is 0 Å². The Hall–Kier alpha value is -1.24. The molecule has 0 fully saturated rings. The van der Waals surface area contributed by atoms with Gasteiger partial charge in [-0.3, -0.25) is 4.79 Å². The number of carbonyl (C=O) groups excluding carboxylic acids is 1. The Morgan fingerprint density at radius 3 is 2.60 bits per heavy atom. The van der Waals surface area contributed by atoms with Crippen molar-refractivity contribution in [2.75, 3.05) is 18.8 Å². The number of hydrogen-bond donors (Lipinski definition) is 1. The molecule has 1 aromatic rings. The minimum atomic E-state index is -4.42. The van der Waals surface area contributed by atoms with Crippen LogP contribution in [0, 0.1) is 0 Å². The normalized spacial score (nSPS) is 11.4. The van der Waals surface area contributed by atoms with Crippen LogP contribution >= 0.6 is 15.9 Å². The van der Waals surface area contributed by atoms with Gasteiger partial charge in [0.05, 0.1) is 10.0 Å². The lowest BCUT2D eigenvalue weighted by atomic mass is 10.1. The van der Waals surface area contributed by atoms with E-state index in [-0.39, 0.29) is 12.1 Å². The molecule has 0 unspecified atom stereocenters. The molecule has 0 radical (unpaired) electrons. The molecule has 112 valence electrons. The van der Waals surface area contributed by atoms with Crippen molar-refractivity contribution in [1.82, 2.24) is 4.90 Å². The summed E-state index contributed by atoms with van der Waals surface area (Å²) in [5, 5.41) is 0. The van der Waals surface area contributed by atoms with Crippen molar-refractivity contribution in [2.45, 2.75) is 25.9 Å². The van der Waals surface area contributed by atoms with Crippen molar-refractivity contribution in [1.29, 1.82) is 0 Å². The van der Waals surface area contributed by atoms with Gasteiger partial charge in [0.25, 0.3) is 5.91 Å². The van der Waals surface area contributed by atoms with E-state index in [1.54, 1.807) is 12.1 Å². The summed E-state index contributed by atoms with van der Waals surface area (Å²) in [5.41, 5.74) is 6.11. The number of nitrogens with zero attached hydrogens (tertiary/aromatic N) is 1. The summed E-state index contributed by atoms with van der Waals surface area (Å²) in [5.74, 6) is -0.671. The molecule has 0 atom stereocenters. The van der Waals surface area contributed by atoms with E-state index in [1.165, 1.54) is 6.07 Å². The third kappa shape index (κ3) is 4.70. The quantitative estimate of drug-likeness (QED) is 0.818. The fourth-order valence-corrected chi connectivity index (χ4v) is 2.14. The molecule has 2 N–H and O–H groups in total. The Kier molecular flexibility index (Phi) is 5.86. The number of hydrogen-bond acceptors (Lipinski definition) is 2. The zero-order valence-electron chi connectivity index (χ0n) is 11.0. The third-order valence-electron chi connectivity index (χ3n) is 2.70. The van der Waals surface area contributed by atoms with E-state index in [1.807, 2.05) is 6.92 Å². The van der Waals surface area contributed by atoms with Crippen LogP contribution in [0.15, 0.2) is 22.7 Å². The second-order valence-electron chi connectivity index (χ2n) is 4.40. The van der Waals surface area contributed by atoms with Gasteiger partial charge < -0.3 is 10.6 Å². The van der Waals surface area contributed by atoms with Crippen LogP contribution in [0.2, 0.25) is 0 Å². The van der Waals surface area contributed by atoms with E-state index in [2.05, 4.69) is 15.9 Å². The van der Waals surface area contributed by atoms with Gasteiger partial charge in [-0.25, -0.2) is 0 Å². The number of amides is 1. The first kappa shape index (κ1) is 16.8. The molecule has 0 heterocycles. The molecule has 0 spiro atoms. The van der Waals surface area contributed by atoms with E-state index >= 15 is 0 Å². The molecule has 20 heavy (non-hydrogen) atoms. The van der Waals surface area contributed by atoms with Gasteiger partial charge >= 0.3 is 6.18 Å². The Morgan fingerprint density at radius 1 is 1.40 bits per heavy atom. The summed E-state index contributed by atoms with van der Waals surface area (Å²) < 4.78 is 38.0. The standard InChI is InChI=1S/C13H16BrF3N2O/c1-2-3-7-19(8-13(15,16)17)12(20)9-5-4-6-10(18)11(9)14/h4-6H,2-3,7-8,18H2,1H3. The summed E-state index contributed by atoms with van der Waals surface area (Å²) in [6.07, 6.45) is -3.20. The second kappa shape index (κ2) is 6.97. The van der Waals surface area contributed by atoms with Crippen LogP contribution in [0.5, 0.6) is 0 Å². The van der Waals surface area contributed by atoms with Gasteiger partial charge in [-0.15, -0.1) is 0 Å². The number of halogens is 4. The fourth-order valence-electron chi connectivity index (χ4n) is 1.70. The summed E-state index contributed by atoms with van der Waals surface area (Å²) >= 11 is 3.14. The Bertz CT molecular complexity index is 477. The molecule has 1 aromatic carbocycles. The highest BCUT2D eigenvalue weighted by Gasteiger charge is 2.33. The van der Waals surface area contributed by atoms with E-state index in [9.17, 15) is 18.0 Å². The van der Waals surface area contributed by atoms with Crippen molar-refractivity contribution in [3.05, 3.63) is 28.2 Å². The first-order valence-electron chi connectivity index (χ1n) is 6.16. The topological polar surface area (TPSA) is 46.3 Å². The number of alkyl halides is 3. The summed E-state index contributed by atoms with van der Waals surface area (Å²) in [7, 11) is 0. The molecule has 7 heteroatoms. The van der Waals surface area contributed by atoms with Gasteiger partial charge in [-0.2, -0.15) is 13.2 Å². The van der Waals surface area contributed by atoms with Crippen LogP contribution in [0.1, 0.15) is 30.1 Å². The average Bonchev–Trinajstić information content (AvgIpc) is 2.35. The molecule has 1 amide bonds. The van der Waals surface area contributed by atoms with Gasteiger partial charge in [0.15, 0.2) is 0 Å². The molecular weight excluding hydrogens is 337 g/mol. The first-order valence-corrected chi connectivity index (χ1v) is 6.95.